The van der Waals surface area contributed by atoms with Crippen molar-refractivity contribution in [1.29, 1.82) is 10.5 Å². The summed E-state index contributed by atoms with van der Waals surface area (Å²) >= 11 is 11.2. The highest BCUT2D eigenvalue weighted by Crippen LogP contribution is 2.30. The first-order valence-corrected chi connectivity index (χ1v) is 31.6. The normalized spacial score (nSPS) is 15.2. The molecule has 2 aliphatic rings. The van der Waals surface area contributed by atoms with Crippen LogP contribution in [0.5, 0.6) is 17.6 Å². The lowest BCUT2D eigenvalue weighted by molar-refractivity contribution is -0.384. The van der Waals surface area contributed by atoms with Crippen LogP contribution in [0.2, 0.25) is 10.4 Å². The fourth-order valence-electron chi connectivity index (χ4n) is 8.44. The number of hydrogen-bond donors (Lipinski definition) is 8. The summed E-state index contributed by atoms with van der Waals surface area (Å²) in [5.41, 5.74) is 13.3. The van der Waals surface area contributed by atoms with Crippen molar-refractivity contribution < 1.29 is 43.8 Å². The van der Waals surface area contributed by atoms with Gasteiger partial charge in [-0.2, -0.15) is 20.5 Å². The van der Waals surface area contributed by atoms with Crippen LogP contribution >= 0.6 is 23.2 Å². The predicted molar refractivity (Wildman–Crippen MR) is 364 cm³/mol. The lowest BCUT2D eigenvalue weighted by Gasteiger charge is -2.30. The van der Waals surface area contributed by atoms with Gasteiger partial charge in [-0.1, -0.05) is 23.7 Å². The number of nitriles is 2. The third-order valence-electron chi connectivity index (χ3n) is 12.6. The summed E-state index contributed by atoms with van der Waals surface area (Å²) in [4.78, 5) is 65.1. The average molecular weight is 1360 g/mol. The highest BCUT2D eigenvalue weighted by Gasteiger charge is 2.27. The van der Waals surface area contributed by atoms with E-state index < -0.39 is 21.5 Å². The Bertz CT molecular complexity index is 3320. The summed E-state index contributed by atoms with van der Waals surface area (Å²) in [6, 6.07) is 18.5. The largest absolute Gasteiger partial charge is 0.475 e. The number of anilines is 3. The number of carbonyl (C=O) groups excluding carboxylic acids is 1. The van der Waals surface area contributed by atoms with E-state index in [-0.39, 0.29) is 69.9 Å². The van der Waals surface area contributed by atoms with Gasteiger partial charge in [-0.3, -0.25) is 20.2 Å². The number of nitrogens with one attached hydrogen (secondary N) is 4. The number of carbonyl (C=O) groups is 1. The zero-order valence-corrected chi connectivity index (χ0v) is 57.5. The smallest absolute Gasteiger partial charge is 0.407 e. The number of aromatic nitrogens is 8. The lowest BCUT2D eigenvalue weighted by atomic mass is 9.86. The first kappa shape index (κ1) is 82.1. The van der Waals surface area contributed by atoms with Gasteiger partial charge in [0, 0.05) is 87.4 Å². The van der Waals surface area contributed by atoms with Crippen molar-refractivity contribution >= 4 is 58.3 Å². The summed E-state index contributed by atoms with van der Waals surface area (Å²) in [5.74, 6) is 3.01. The molecule has 0 aliphatic heterocycles. The highest BCUT2D eigenvalue weighted by atomic mass is 35.5. The number of amides is 1. The minimum atomic E-state index is -0.541. The van der Waals surface area contributed by atoms with Gasteiger partial charge in [0.2, 0.25) is 40.5 Å². The third-order valence-corrected chi connectivity index (χ3v) is 13.1. The summed E-state index contributed by atoms with van der Waals surface area (Å²) in [7, 11) is 1.00. The van der Waals surface area contributed by atoms with Crippen LogP contribution in [-0.4, -0.2) is 128 Å². The van der Waals surface area contributed by atoms with Crippen molar-refractivity contribution in [3.63, 3.8) is 0 Å². The number of alkyl carbamates (subject to hydrolysis) is 1. The SMILES string of the molecule is CC(C)(C)OC(=O)NC1CCC(CNc2nc(Cl)ncc2[N+](=O)[O-])CC1.CC(C)O.CC(C)Oc1ncccc1C#N.CC(C)Oc1ncccc1CN.CC(C)Oc1ncccc1CNc1ncc([N+](=O)[O-])c(NCC2CCC(N)CC2)n1.CO.N#Cc1cccnc1Cl. The molecule has 0 spiro atoms. The van der Waals surface area contributed by atoms with Crippen molar-refractivity contribution in [3.05, 3.63) is 139 Å². The van der Waals surface area contributed by atoms with Gasteiger partial charge in [0.25, 0.3) is 0 Å². The number of nitrogens with two attached hydrogens (primary N) is 2. The van der Waals surface area contributed by atoms with Gasteiger partial charge in [0.05, 0.1) is 33.7 Å². The van der Waals surface area contributed by atoms with Crippen LogP contribution in [0.3, 0.4) is 0 Å². The number of aliphatic hydroxyl groups is 2. The molecule has 0 bridgehead atoms. The van der Waals surface area contributed by atoms with Crippen molar-refractivity contribution in [2.24, 2.45) is 23.3 Å². The molecule has 1 amide bonds. The molecule has 31 heteroatoms. The number of pyridine rings is 4. The number of ether oxygens (including phenoxy) is 4. The van der Waals surface area contributed by atoms with Crippen LogP contribution in [0.4, 0.5) is 33.8 Å². The number of halogens is 2. The molecular formula is C64H92Cl2N18O11. The van der Waals surface area contributed by atoms with Crippen molar-refractivity contribution in [1.82, 2.24) is 45.2 Å². The maximum atomic E-state index is 11.8. The van der Waals surface area contributed by atoms with Crippen LogP contribution in [0.15, 0.2) is 85.7 Å². The minimum Gasteiger partial charge on any atom is -0.475 e. The van der Waals surface area contributed by atoms with Crippen LogP contribution in [0, 0.1) is 54.7 Å². The predicted octanol–water partition coefficient (Wildman–Crippen LogP) is 11.3. The molecule has 0 atom stereocenters. The lowest BCUT2D eigenvalue weighted by Crippen LogP contribution is -2.41. The highest BCUT2D eigenvalue weighted by molar-refractivity contribution is 6.30. The van der Waals surface area contributed by atoms with E-state index in [0.717, 1.165) is 75.8 Å². The maximum absolute atomic E-state index is 11.8. The monoisotopic (exact) mass is 1360 g/mol. The molecule has 0 saturated heterocycles. The molecule has 6 heterocycles. The molecule has 6 aromatic heterocycles. The van der Waals surface area contributed by atoms with Gasteiger partial charge in [0.15, 0.2) is 0 Å². The fraction of sp³-hybridized carbons (Fsp3) is 0.516. The fourth-order valence-corrected chi connectivity index (χ4v) is 8.73. The Balaban J connectivity index is 0.000000423. The third kappa shape index (κ3) is 34.1. The van der Waals surface area contributed by atoms with Gasteiger partial charge in [-0.05, 0) is 187 Å². The second-order valence-electron chi connectivity index (χ2n) is 23.2. The van der Waals surface area contributed by atoms with Crippen molar-refractivity contribution in [3.8, 4) is 29.8 Å². The Kier molecular flexibility index (Phi) is 38.6. The van der Waals surface area contributed by atoms with E-state index in [1.54, 1.807) is 62.9 Å². The Morgan fingerprint density at radius 2 is 1.08 bits per heavy atom. The minimum absolute atomic E-state index is 0.000542. The summed E-state index contributed by atoms with van der Waals surface area (Å²) in [6.45, 7) is 22.5. The number of hydrogen-bond acceptors (Lipinski definition) is 26. The summed E-state index contributed by atoms with van der Waals surface area (Å²) in [5, 5.41) is 66.8. The molecule has 10 N–H and O–H groups in total. The van der Waals surface area contributed by atoms with E-state index in [2.05, 4.69) is 61.1 Å². The van der Waals surface area contributed by atoms with E-state index in [1.807, 2.05) is 98.7 Å². The molecule has 29 nitrogen and oxygen atoms in total. The summed E-state index contributed by atoms with van der Waals surface area (Å²) in [6.07, 6.45) is 15.9. The topological polar surface area (TPSA) is 432 Å². The number of nitrogens with zero attached hydrogens (tertiary/aromatic N) is 12. The van der Waals surface area contributed by atoms with E-state index in [4.69, 9.17) is 74.4 Å². The standard InChI is InChI=1S/C20H29N7O3.C16H24ClN5O4.C9H14N2O.C9H10N2O.C6H3ClN2.C3H8O.CH4O/c1-13(2)30-19-15(4-3-9-22-19)11-24-20-25-12-17(27(28)29)18(26-20)23-10-14-5-7-16(21)8-6-14;1-16(2,3)26-15(23)20-11-6-4-10(5-7-11)8-18-13-12(22(24)25)9-19-14(17)21-13;2*1-7(2)12-9-8(6-10)4-3-5-11-9;7-6-5(4-8)2-1-3-9-6;1-3(2)4;1-2/h3-4,9,12-14,16H,5-8,10-11,21H2,1-2H3,(H2,23,24,25,26);9-11H,4-8H2,1-3H3,(H,20,23)(H,18,19,21);3-5,7H,6,10H2,1-2H3;3-5,7H,1-2H3;1-3H;3-4H,1-2H3;2H,1H3. The van der Waals surface area contributed by atoms with Crippen LogP contribution < -0.4 is 46.9 Å². The Morgan fingerprint density at radius 1 is 0.653 bits per heavy atom. The molecule has 2 saturated carbocycles. The van der Waals surface area contributed by atoms with E-state index in [9.17, 15) is 25.0 Å². The molecule has 0 radical (unpaired) electrons. The van der Waals surface area contributed by atoms with E-state index in [1.165, 1.54) is 6.20 Å². The second kappa shape index (κ2) is 44.6. The van der Waals surface area contributed by atoms with Crippen LogP contribution in [0.1, 0.15) is 150 Å². The zero-order valence-electron chi connectivity index (χ0n) is 56.0. The van der Waals surface area contributed by atoms with Gasteiger partial charge in [-0.25, -0.2) is 34.7 Å². The molecule has 0 unspecified atom stereocenters. The quantitative estimate of drug-likeness (QED) is 0.0162. The van der Waals surface area contributed by atoms with Crippen LogP contribution in [0.25, 0.3) is 0 Å². The Labute approximate surface area is 565 Å². The van der Waals surface area contributed by atoms with E-state index in [0.29, 0.717) is 72.7 Å². The molecule has 8 rings (SSSR count). The summed E-state index contributed by atoms with van der Waals surface area (Å²) < 4.78 is 21.7. The number of nitro groups is 2. The molecule has 2 aliphatic carbocycles. The van der Waals surface area contributed by atoms with E-state index >= 15 is 0 Å². The van der Waals surface area contributed by atoms with Crippen molar-refractivity contribution in [2.75, 3.05) is 36.1 Å². The number of aliphatic hydroxyl groups excluding tert-OH is 2. The van der Waals surface area contributed by atoms with Crippen molar-refractivity contribution in [2.45, 2.75) is 183 Å². The molecule has 0 aromatic carbocycles. The van der Waals surface area contributed by atoms with Gasteiger partial charge in [0.1, 0.15) is 40.8 Å². The zero-order chi connectivity index (χ0) is 71.0. The molecule has 518 valence electrons. The average Bonchev–Trinajstić information content (AvgIpc) is 0.901. The van der Waals surface area contributed by atoms with Gasteiger partial charge < -0.3 is 61.9 Å². The van der Waals surface area contributed by atoms with Gasteiger partial charge in [-0.15, -0.1) is 0 Å². The Morgan fingerprint density at radius 3 is 1.55 bits per heavy atom. The second-order valence-corrected chi connectivity index (χ2v) is 23.9. The van der Waals surface area contributed by atoms with Gasteiger partial charge >= 0.3 is 17.5 Å². The molecule has 2 fully saturated rings. The van der Waals surface area contributed by atoms with Crippen LogP contribution in [-0.2, 0) is 17.8 Å². The Hall–Kier alpha value is -8.97. The number of rotatable bonds is 19. The maximum Gasteiger partial charge on any atom is 0.407 e. The molecule has 6 aromatic rings. The first-order valence-electron chi connectivity index (χ1n) is 30.8. The first-order chi connectivity index (χ1) is 45.1. The molecular weight excluding hydrogens is 1270 g/mol. The molecule has 95 heavy (non-hydrogen) atoms.